The van der Waals surface area contributed by atoms with Gasteiger partial charge in [0.1, 0.15) is 5.52 Å². The molecule has 0 amide bonds. The van der Waals surface area contributed by atoms with Crippen molar-refractivity contribution in [3.63, 3.8) is 0 Å². The molecule has 0 fully saturated rings. The summed E-state index contributed by atoms with van der Waals surface area (Å²) in [7, 11) is 0. The van der Waals surface area contributed by atoms with Crippen LogP contribution in [0.1, 0.15) is 0 Å². The van der Waals surface area contributed by atoms with Crippen molar-refractivity contribution in [1.82, 2.24) is 15.0 Å². The van der Waals surface area contributed by atoms with Crippen LogP contribution in [0.2, 0.25) is 0 Å². The van der Waals surface area contributed by atoms with Crippen LogP contribution in [0.5, 0.6) is 5.88 Å². The first-order valence-corrected chi connectivity index (χ1v) is 3.06. The van der Waals surface area contributed by atoms with Crippen molar-refractivity contribution in [1.29, 1.82) is 0 Å². The molecule has 0 saturated carbocycles. The lowest BCUT2D eigenvalue weighted by molar-refractivity contribution is 0.455. The van der Waals surface area contributed by atoms with Crippen molar-refractivity contribution >= 4 is 16.9 Å². The Hall–Kier alpha value is -1.78. The van der Waals surface area contributed by atoms with Crippen molar-refractivity contribution in [2.45, 2.75) is 0 Å². The summed E-state index contributed by atoms with van der Waals surface area (Å²) in [5.74, 6) is 0.139. The maximum Gasteiger partial charge on any atom is 0.214 e. The average molecular weight is 150 g/mol. The van der Waals surface area contributed by atoms with Crippen LogP contribution in [0.4, 0.5) is 5.82 Å². The molecule has 56 valence electrons. The number of hydrogen-bond acceptors (Lipinski definition) is 4. The molecule has 2 aromatic heterocycles. The Kier molecular flexibility index (Phi) is 1.00. The molecular formula is C6H6N4O. The molecule has 0 bridgehead atoms. The first-order valence-electron chi connectivity index (χ1n) is 3.06. The number of nitrogens with zero attached hydrogens (tertiary/aromatic N) is 2. The predicted molar refractivity (Wildman–Crippen MR) is 40.0 cm³/mol. The van der Waals surface area contributed by atoms with Gasteiger partial charge in [-0.2, -0.15) is 4.98 Å². The molecule has 0 saturated heterocycles. The van der Waals surface area contributed by atoms with Gasteiger partial charge in [-0.15, -0.1) is 0 Å². The number of H-pyrrole nitrogens is 1. The third-order valence-corrected chi connectivity index (χ3v) is 1.42. The Bertz CT molecular complexity index is 394. The van der Waals surface area contributed by atoms with E-state index < -0.39 is 0 Å². The second kappa shape index (κ2) is 1.85. The number of pyridine rings is 1. The number of nitrogens with two attached hydrogens (primary N) is 1. The first kappa shape index (κ1) is 5.96. The van der Waals surface area contributed by atoms with E-state index in [4.69, 9.17) is 10.8 Å². The lowest BCUT2D eigenvalue weighted by Crippen LogP contribution is -1.90. The number of nitrogen functional groups attached to an aromatic ring is 1. The van der Waals surface area contributed by atoms with Crippen LogP contribution < -0.4 is 5.73 Å². The normalized spacial score (nSPS) is 10.5. The molecule has 0 radical (unpaired) electrons. The summed E-state index contributed by atoms with van der Waals surface area (Å²) in [5.41, 5.74) is 6.72. The number of rotatable bonds is 0. The quantitative estimate of drug-likeness (QED) is 0.502. The zero-order chi connectivity index (χ0) is 7.84. The Morgan fingerprint density at radius 3 is 3.18 bits per heavy atom. The van der Waals surface area contributed by atoms with Gasteiger partial charge >= 0.3 is 0 Å². The molecule has 2 rings (SSSR count). The predicted octanol–water partition coefficient (Wildman–Crippen LogP) is 0.246. The number of aromatic hydroxyl groups is 1. The van der Waals surface area contributed by atoms with Crippen LogP contribution in [0.25, 0.3) is 11.0 Å². The van der Waals surface area contributed by atoms with Gasteiger partial charge in [0.15, 0.2) is 5.82 Å². The summed E-state index contributed by atoms with van der Waals surface area (Å²) in [6.45, 7) is 0. The molecule has 5 nitrogen and oxygen atoms in total. The lowest BCUT2D eigenvalue weighted by atomic mass is 10.4. The fraction of sp³-hybridized carbons (Fsp3) is 0. The highest BCUT2D eigenvalue weighted by atomic mass is 16.3. The summed E-state index contributed by atoms with van der Waals surface area (Å²) < 4.78 is 0. The summed E-state index contributed by atoms with van der Waals surface area (Å²) in [6, 6.07) is 1.47. The summed E-state index contributed by atoms with van der Waals surface area (Å²) in [5, 5.41) is 8.99. The fourth-order valence-corrected chi connectivity index (χ4v) is 0.956. The molecule has 0 atom stereocenters. The minimum absolute atomic E-state index is 0.0979. The van der Waals surface area contributed by atoms with Crippen LogP contribution in [0.3, 0.4) is 0 Å². The highest BCUT2D eigenvalue weighted by Gasteiger charge is 2.02. The third kappa shape index (κ3) is 0.778. The van der Waals surface area contributed by atoms with Crippen molar-refractivity contribution in [3.8, 4) is 5.88 Å². The van der Waals surface area contributed by atoms with E-state index in [-0.39, 0.29) is 11.7 Å². The van der Waals surface area contributed by atoms with Gasteiger partial charge in [0, 0.05) is 6.07 Å². The SMILES string of the molecule is Nc1nc(O)cc2[nH]cnc12. The third-order valence-electron chi connectivity index (χ3n) is 1.42. The highest BCUT2D eigenvalue weighted by Crippen LogP contribution is 2.18. The monoisotopic (exact) mass is 150 g/mol. The van der Waals surface area contributed by atoms with Gasteiger partial charge in [-0.05, 0) is 0 Å². The second-order valence-corrected chi connectivity index (χ2v) is 2.16. The van der Waals surface area contributed by atoms with Gasteiger partial charge < -0.3 is 15.8 Å². The standard InChI is InChI=1S/C6H6N4O/c7-6-5-3(8-2-9-5)1-4(11)10-6/h1-2H,(H,8,9)(H3,7,10,11). The zero-order valence-electron chi connectivity index (χ0n) is 5.57. The van der Waals surface area contributed by atoms with Crippen molar-refractivity contribution in [2.75, 3.05) is 5.73 Å². The van der Waals surface area contributed by atoms with Gasteiger partial charge in [0.05, 0.1) is 11.8 Å². The number of nitrogens with one attached hydrogen (secondary N) is 1. The highest BCUT2D eigenvalue weighted by molar-refractivity contribution is 5.84. The molecule has 0 aromatic carbocycles. The van der Waals surface area contributed by atoms with E-state index in [9.17, 15) is 0 Å². The average Bonchev–Trinajstić information content (AvgIpc) is 2.34. The molecule has 0 unspecified atom stereocenters. The Balaban J connectivity index is 2.91. The Morgan fingerprint density at radius 1 is 1.55 bits per heavy atom. The second-order valence-electron chi connectivity index (χ2n) is 2.16. The van der Waals surface area contributed by atoms with Gasteiger partial charge in [0.2, 0.25) is 5.88 Å². The summed E-state index contributed by atoms with van der Waals surface area (Å²) >= 11 is 0. The van der Waals surface area contributed by atoms with E-state index >= 15 is 0 Å². The molecule has 5 heteroatoms. The molecule has 0 aliphatic heterocycles. The molecular weight excluding hydrogens is 144 g/mol. The van der Waals surface area contributed by atoms with Gasteiger partial charge in [-0.25, -0.2) is 4.98 Å². The van der Waals surface area contributed by atoms with E-state index in [1.54, 1.807) is 0 Å². The van der Waals surface area contributed by atoms with Crippen LogP contribution in [0.15, 0.2) is 12.4 Å². The summed E-state index contributed by atoms with van der Waals surface area (Å²) in [4.78, 5) is 10.3. The number of aromatic nitrogens is 3. The fourth-order valence-electron chi connectivity index (χ4n) is 0.956. The van der Waals surface area contributed by atoms with Crippen LogP contribution in [-0.2, 0) is 0 Å². The van der Waals surface area contributed by atoms with Crippen LogP contribution in [0, 0.1) is 0 Å². The van der Waals surface area contributed by atoms with Gasteiger partial charge in [-0.1, -0.05) is 0 Å². The molecule has 4 N–H and O–H groups in total. The van der Waals surface area contributed by atoms with Crippen molar-refractivity contribution in [2.24, 2.45) is 0 Å². The van der Waals surface area contributed by atoms with E-state index in [1.807, 2.05) is 0 Å². The van der Waals surface area contributed by atoms with Gasteiger partial charge in [-0.3, -0.25) is 0 Å². The largest absolute Gasteiger partial charge is 0.493 e. The molecule has 0 aliphatic carbocycles. The number of imidazole rings is 1. The van der Waals surface area contributed by atoms with E-state index in [0.717, 1.165) is 0 Å². The Morgan fingerprint density at radius 2 is 2.36 bits per heavy atom. The maximum atomic E-state index is 8.99. The molecule has 0 aliphatic rings. The number of fused-ring (bicyclic) bond motifs is 1. The van der Waals surface area contributed by atoms with E-state index in [2.05, 4.69) is 15.0 Å². The zero-order valence-corrected chi connectivity index (χ0v) is 5.57. The van der Waals surface area contributed by atoms with Gasteiger partial charge in [0.25, 0.3) is 0 Å². The first-order chi connectivity index (χ1) is 5.27. The minimum Gasteiger partial charge on any atom is -0.493 e. The van der Waals surface area contributed by atoms with Crippen molar-refractivity contribution < 1.29 is 5.11 Å². The Labute approximate surface area is 61.9 Å². The van der Waals surface area contributed by atoms with Crippen LogP contribution >= 0.6 is 0 Å². The summed E-state index contributed by atoms with van der Waals surface area (Å²) in [6.07, 6.45) is 1.50. The minimum atomic E-state index is -0.0979. The number of hydrogen-bond donors (Lipinski definition) is 3. The molecule has 2 aromatic rings. The number of aromatic amines is 1. The van der Waals surface area contributed by atoms with E-state index in [0.29, 0.717) is 11.0 Å². The van der Waals surface area contributed by atoms with Crippen molar-refractivity contribution in [3.05, 3.63) is 12.4 Å². The maximum absolute atomic E-state index is 8.99. The lowest BCUT2D eigenvalue weighted by Gasteiger charge is -1.94. The smallest absolute Gasteiger partial charge is 0.214 e. The number of anilines is 1. The molecule has 11 heavy (non-hydrogen) atoms. The molecule has 2 heterocycles. The van der Waals surface area contributed by atoms with E-state index in [1.165, 1.54) is 12.4 Å². The molecule has 0 spiro atoms. The topological polar surface area (TPSA) is 87.8 Å². The van der Waals surface area contributed by atoms with Crippen LogP contribution in [-0.4, -0.2) is 20.1 Å².